The number of aliphatic hydroxyl groups excluding tert-OH is 1. The number of carboxylic acid groups (broad SMARTS) is 2. The minimum absolute atomic E-state index is 0.00486. The molecule has 123 heavy (non-hydrogen) atoms. The van der Waals surface area contributed by atoms with Crippen molar-refractivity contribution in [3.8, 4) is 0 Å². The highest BCUT2D eigenvalue weighted by molar-refractivity contribution is 9.11. The molecule has 12 N–H and O–H groups in total. The number of hydrogen-bond acceptors (Lipinski definition) is 15. The van der Waals surface area contributed by atoms with Crippen LogP contribution in [0.4, 0.5) is 8.78 Å². The van der Waals surface area contributed by atoms with Crippen LogP contribution in [0.3, 0.4) is 0 Å². The Bertz CT molecular complexity index is 4490. The molecule has 0 aliphatic carbocycles. The number of Topliss-reactive ketones (excluding diaryl/α,β-unsaturated/α-hetero) is 5. The molecule has 0 bridgehead atoms. The topological polar surface area (TPSA) is 412 Å². The average Bonchev–Trinajstić information content (AvgIpc) is 0.851. The molecular weight excluding hydrogens is 1910 g/mol. The number of carbonyl (C=O) groups excluding carboxylic acids is 12. The van der Waals surface area contributed by atoms with E-state index < -0.39 is 77.4 Å². The predicted octanol–water partition coefficient (Wildman–Crippen LogP) is 13.8. The van der Waals surface area contributed by atoms with Crippen molar-refractivity contribution in [2.45, 2.75) is 144 Å². The van der Waals surface area contributed by atoms with E-state index in [-0.39, 0.29) is 166 Å². The smallest absolute Gasteiger partial charge is 0.322 e. The average molecular weight is 2020 g/mol. The molecule has 664 valence electrons. The molecule has 0 heterocycles. The van der Waals surface area contributed by atoms with Crippen molar-refractivity contribution in [2.75, 3.05) is 39.3 Å². The van der Waals surface area contributed by atoms with Gasteiger partial charge in [0, 0.05) is 129 Å². The van der Waals surface area contributed by atoms with Crippen LogP contribution in [0.15, 0.2) is 192 Å². The highest BCUT2D eigenvalue weighted by Gasteiger charge is 2.31. The molecule has 7 amide bonds. The van der Waals surface area contributed by atoms with Gasteiger partial charge in [-0.2, -0.15) is 0 Å². The number of ketones is 5. The van der Waals surface area contributed by atoms with Gasteiger partial charge in [0.2, 0.25) is 41.4 Å². The highest BCUT2D eigenvalue weighted by atomic mass is 79.9. The van der Waals surface area contributed by atoms with Crippen LogP contribution in [0, 0.1) is 59.0 Å². The Kier molecular flexibility index (Phi) is 51.8. The van der Waals surface area contributed by atoms with Crippen LogP contribution in [-0.2, 0) is 112 Å². The third kappa shape index (κ3) is 45.5. The molecule has 7 aromatic carbocycles. The first-order valence-electron chi connectivity index (χ1n) is 40.1. The van der Waals surface area contributed by atoms with Gasteiger partial charge in [-0.3, -0.25) is 67.1 Å². The summed E-state index contributed by atoms with van der Waals surface area (Å²) in [6, 6.07) is 50.8. The van der Waals surface area contributed by atoms with Crippen molar-refractivity contribution in [1.29, 1.82) is 0 Å². The number of primary amides is 2. The lowest BCUT2D eigenvalue weighted by Crippen LogP contribution is -2.40. The second kappa shape index (κ2) is 59.2. The summed E-state index contributed by atoms with van der Waals surface area (Å²) in [7, 11) is 0. The van der Waals surface area contributed by atoms with Gasteiger partial charge in [0.15, 0.2) is 0 Å². The molecule has 0 unspecified atom stereocenters. The summed E-state index contributed by atoms with van der Waals surface area (Å²) < 4.78 is 31.7. The second-order valence-electron chi connectivity index (χ2n) is 29.6. The van der Waals surface area contributed by atoms with E-state index in [9.17, 15) is 75.9 Å². The zero-order chi connectivity index (χ0) is 91.7. The Morgan fingerprint density at radius 3 is 0.927 bits per heavy atom. The number of hydrogen-bond donors (Lipinski definition) is 10. The van der Waals surface area contributed by atoms with Crippen molar-refractivity contribution in [1.82, 2.24) is 26.6 Å². The van der Waals surface area contributed by atoms with Crippen molar-refractivity contribution >= 4 is 162 Å². The van der Waals surface area contributed by atoms with Crippen LogP contribution in [0.5, 0.6) is 0 Å². The van der Waals surface area contributed by atoms with Gasteiger partial charge in [0.05, 0.1) is 26.1 Å². The normalized spacial score (nSPS) is 12.5. The zero-order valence-electron chi connectivity index (χ0n) is 69.7. The molecule has 24 nitrogen and oxygen atoms in total. The van der Waals surface area contributed by atoms with E-state index in [1.165, 1.54) is 18.2 Å². The summed E-state index contributed by atoms with van der Waals surface area (Å²) >= 11 is 16.4. The van der Waals surface area contributed by atoms with E-state index in [1.54, 1.807) is 18.2 Å². The van der Waals surface area contributed by atoms with Gasteiger partial charge in [-0.05, 0) is 130 Å². The maximum absolute atomic E-state index is 13.8. The van der Waals surface area contributed by atoms with Gasteiger partial charge in [-0.1, -0.05) is 250 Å². The van der Waals surface area contributed by atoms with E-state index >= 15 is 0 Å². The minimum atomic E-state index is -1.14. The van der Waals surface area contributed by atoms with Crippen molar-refractivity contribution in [3.05, 3.63) is 243 Å². The third-order valence-electron chi connectivity index (χ3n) is 19.8. The van der Waals surface area contributed by atoms with Crippen LogP contribution in [0.25, 0.3) is 0 Å². The molecule has 31 heteroatoms. The summed E-state index contributed by atoms with van der Waals surface area (Å²) in [5.74, 6) is -9.05. The molecule has 0 saturated carbocycles. The van der Waals surface area contributed by atoms with Crippen LogP contribution in [0.2, 0.25) is 0 Å². The molecule has 0 aliphatic rings. The van der Waals surface area contributed by atoms with Crippen molar-refractivity contribution < 1.29 is 91.2 Å². The first-order chi connectivity index (χ1) is 58.3. The number of amides is 7. The standard InChI is InChI=1S/C21H22BrNO4.C20H22BrNO3.C17H22BrFN2O3.C17H21BrFNO4.C17H23BrN2O3/c22-18-8-6-16(7-9-18)13-19(24)14-17(12-15-4-2-1-3-5-15)21(27)23-11-10-20(25)26;21-18-8-6-16(7-9-18)13-19(24)14-17(20(25)22-10-11-23)12-15-4-2-1-3-5-15;1-3-10(2)14(17(24)21-9-16(20)23)8-13(22)6-11-4-5-12(18)7-15(11)19;1-3-10(2)14(17(24)20-9-16(22)23)8-13(21)6-11-4-5-12(18)7-15(11)19;1-3-11(2)15(17(23)20-10-16(19)22)9-14(21)8-12-4-6-13(18)7-5-12/h1-9,17H,10-14H2,(H,23,27)(H,25,26);1-9,17,23H,10-14H2,(H,22,25);4-5,7,10,14H,3,6,8-9H2,1-2H3,(H2,20,23)(H,21,24);4-5,7,10,14H,3,6,8-9H2,1-2H3,(H,20,24)(H,22,23);4-7,11,15H,3,8-10H2,1-2H3,(H2,19,22)(H,20,23)/t2*17-;2*10-,14-;11-,15-/m11000/s1. The molecule has 0 radical (unpaired) electrons. The Morgan fingerprint density at radius 2 is 0.642 bits per heavy atom. The maximum Gasteiger partial charge on any atom is 0.322 e. The summed E-state index contributed by atoms with van der Waals surface area (Å²) in [6.45, 7) is 10.6. The largest absolute Gasteiger partial charge is 0.481 e. The van der Waals surface area contributed by atoms with Gasteiger partial charge < -0.3 is 53.4 Å². The molecule has 0 aromatic heterocycles. The minimum Gasteiger partial charge on any atom is -0.481 e. The van der Waals surface area contributed by atoms with Gasteiger partial charge in [0.1, 0.15) is 47.1 Å². The Balaban J connectivity index is 0.000000397. The first-order valence-corrected chi connectivity index (χ1v) is 44.1. The van der Waals surface area contributed by atoms with Crippen LogP contribution in [0.1, 0.15) is 138 Å². The number of benzene rings is 7. The van der Waals surface area contributed by atoms with Gasteiger partial charge >= 0.3 is 11.9 Å². The fourth-order valence-electron chi connectivity index (χ4n) is 12.4. The lowest BCUT2D eigenvalue weighted by Gasteiger charge is -2.21. The lowest BCUT2D eigenvalue weighted by molar-refractivity contribution is -0.139. The number of rotatable bonds is 46. The summed E-state index contributed by atoms with van der Waals surface area (Å²) in [4.78, 5) is 166. The summed E-state index contributed by atoms with van der Waals surface area (Å²) in [6.07, 6.45) is 4.06. The fourth-order valence-corrected chi connectivity index (χ4v) is 13.8. The van der Waals surface area contributed by atoms with E-state index in [0.29, 0.717) is 53.0 Å². The molecule has 8 atom stereocenters. The van der Waals surface area contributed by atoms with E-state index in [2.05, 4.69) is 106 Å². The van der Waals surface area contributed by atoms with Crippen LogP contribution >= 0.6 is 79.6 Å². The maximum atomic E-state index is 13.8. The Hall–Kier alpha value is -9.66. The van der Waals surface area contributed by atoms with Gasteiger partial charge in [-0.15, -0.1) is 0 Å². The van der Waals surface area contributed by atoms with E-state index in [0.717, 1.165) is 47.7 Å². The van der Waals surface area contributed by atoms with Crippen LogP contribution < -0.4 is 38.1 Å². The zero-order valence-corrected chi connectivity index (χ0v) is 77.6. The quantitative estimate of drug-likeness (QED) is 0.0169. The number of nitrogens with one attached hydrogen (secondary N) is 5. The molecule has 7 rings (SSSR count). The number of nitrogens with two attached hydrogens (primary N) is 2. The highest BCUT2D eigenvalue weighted by Crippen LogP contribution is 2.27. The Morgan fingerprint density at radius 1 is 0.350 bits per heavy atom. The summed E-state index contributed by atoms with van der Waals surface area (Å²) in [5.41, 5.74) is 15.4. The first kappa shape index (κ1) is 108. The van der Waals surface area contributed by atoms with Crippen LogP contribution in [-0.4, -0.2) is 137 Å². The number of halogens is 7. The van der Waals surface area contributed by atoms with E-state index in [1.807, 2.05) is 175 Å². The Labute approximate surface area is 759 Å². The molecule has 7 aromatic rings. The lowest BCUT2D eigenvalue weighted by atomic mass is 9.85. The number of aliphatic carboxylic acids is 2. The molecule has 0 saturated heterocycles. The number of carboxylic acids is 2. The summed E-state index contributed by atoms with van der Waals surface area (Å²) in [5, 5.41) is 38.8. The molecule has 0 aliphatic heterocycles. The molecule has 0 fully saturated rings. The van der Waals surface area contributed by atoms with E-state index in [4.69, 9.17) is 26.8 Å². The van der Waals surface area contributed by atoms with Gasteiger partial charge in [-0.25, -0.2) is 8.78 Å². The number of aliphatic hydroxyl groups is 1. The monoisotopic (exact) mass is 2020 g/mol. The van der Waals surface area contributed by atoms with Crippen molar-refractivity contribution in [3.63, 3.8) is 0 Å². The number of carbonyl (C=O) groups is 14. The molecular formula is C92H110Br5F2N7O17. The molecule has 0 spiro atoms. The second-order valence-corrected chi connectivity index (χ2v) is 34.2. The third-order valence-corrected chi connectivity index (χ3v) is 22.3. The van der Waals surface area contributed by atoms with Gasteiger partial charge in [0.25, 0.3) is 0 Å². The SMILES string of the molecule is CC[C@H](C)[C@H](CC(=O)Cc1ccc(Br)cc1)C(=O)NCC(N)=O.CC[C@H](C)[C@H](CC(=O)Cc1ccc(Br)cc1F)C(=O)NCC(=O)O.CC[C@H](C)[C@H](CC(=O)Cc1ccc(Br)cc1F)C(=O)NCC(N)=O.O=C(Cc1ccc(Br)cc1)C[C@@H](Cc1ccccc1)C(=O)NCCO.O=C(O)CCNC(=O)[C@@H](CC(=O)Cc1ccc(Br)cc1)Cc1ccccc1. The fraction of sp³-hybridized carbons (Fsp3) is 0.391. The predicted molar refractivity (Wildman–Crippen MR) is 484 cm³/mol. The van der Waals surface area contributed by atoms with Crippen molar-refractivity contribution in [2.24, 2.45) is 58.8 Å².